The van der Waals surface area contributed by atoms with Crippen molar-refractivity contribution < 1.29 is 9.53 Å². The number of halogens is 1. The maximum absolute atomic E-state index is 11.5. The molecule has 1 atom stereocenters. The lowest BCUT2D eigenvalue weighted by molar-refractivity contribution is -0.142. The number of esters is 1. The van der Waals surface area contributed by atoms with Gasteiger partial charge in [-0.2, -0.15) is 0 Å². The number of benzene rings is 1. The molecule has 0 saturated carbocycles. The molecule has 2 rings (SSSR count). The molecule has 0 bridgehead atoms. The number of aromatic nitrogens is 1. The van der Waals surface area contributed by atoms with Crippen molar-refractivity contribution in [2.75, 3.05) is 6.61 Å². The minimum absolute atomic E-state index is 0.209. The van der Waals surface area contributed by atoms with Gasteiger partial charge in [-0.3, -0.25) is 4.79 Å². The van der Waals surface area contributed by atoms with Crippen molar-refractivity contribution in [3.63, 3.8) is 0 Å². The molecule has 1 unspecified atom stereocenters. The second-order valence-corrected chi connectivity index (χ2v) is 6.66. The summed E-state index contributed by atoms with van der Waals surface area (Å²) in [6.07, 6.45) is 0. The van der Waals surface area contributed by atoms with Crippen LogP contribution in [0.5, 0.6) is 0 Å². The second-order valence-electron chi connectivity index (χ2n) is 3.60. The Labute approximate surface area is 118 Å². The molecule has 96 valence electrons. The fourth-order valence-electron chi connectivity index (χ4n) is 1.39. The topological polar surface area (TPSA) is 39.2 Å². The van der Waals surface area contributed by atoms with Gasteiger partial charge in [-0.15, -0.1) is 11.3 Å². The molecule has 6 heteroatoms. The van der Waals surface area contributed by atoms with E-state index in [0.29, 0.717) is 11.6 Å². The Bertz CT molecular complexity index is 570. The standard InChI is InChI=1S/C12H12ClNO2S2/c1-3-16-11(15)7(2)17-12-14-9-6-8(13)4-5-10(9)18-12/h4-7H,3H2,1-2H3. The van der Waals surface area contributed by atoms with Crippen molar-refractivity contribution in [3.8, 4) is 0 Å². The summed E-state index contributed by atoms with van der Waals surface area (Å²) in [7, 11) is 0. The molecule has 0 aliphatic heterocycles. The quantitative estimate of drug-likeness (QED) is 0.632. The second kappa shape index (κ2) is 5.91. The number of ether oxygens (including phenoxy) is 1. The average molecular weight is 302 g/mol. The van der Waals surface area contributed by atoms with Crippen molar-refractivity contribution in [2.24, 2.45) is 0 Å². The number of fused-ring (bicyclic) bond motifs is 1. The van der Waals surface area contributed by atoms with Crippen molar-refractivity contribution in [1.82, 2.24) is 4.98 Å². The van der Waals surface area contributed by atoms with Gasteiger partial charge in [0, 0.05) is 5.02 Å². The zero-order valence-electron chi connectivity index (χ0n) is 9.97. The lowest BCUT2D eigenvalue weighted by Crippen LogP contribution is -2.16. The Morgan fingerprint density at radius 2 is 2.39 bits per heavy atom. The van der Waals surface area contributed by atoms with Gasteiger partial charge in [0.1, 0.15) is 5.25 Å². The van der Waals surface area contributed by atoms with Crippen LogP contribution < -0.4 is 0 Å². The van der Waals surface area contributed by atoms with Gasteiger partial charge in [-0.05, 0) is 32.0 Å². The average Bonchev–Trinajstić information content (AvgIpc) is 2.70. The van der Waals surface area contributed by atoms with Crippen LogP contribution in [0.2, 0.25) is 5.02 Å². The van der Waals surface area contributed by atoms with Gasteiger partial charge in [-0.1, -0.05) is 23.4 Å². The Hall–Kier alpha value is -0.780. The van der Waals surface area contributed by atoms with E-state index in [0.717, 1.165) is 14.6 Å². The smallest absolute Gasteiger partial charge is 0.319 e. The van der Waals surface area contributed by atoms with E-state index in [1.54, 1.807) is 18.3 Å². The molecule has 3 nitrogen and oxygen atoms in total. The van der Waals surface area contributed by atoms with E-state index in [1.807, 2.05) is 25.1 Å². The summed E-state index contributed by atoms with van der Waals surface area (Å²) in [5, 5.41) is 0.420. The minimum atomic E-state index is -0.249. The maximum atomic E-state index is 11.5. The first-order valence-corrected chi connectivity index (χ1v) is 7.57. The molecule has 2 aromatic rings. The Balaban J connectivity index is 2.14. The third-order valence-electron chi connectivity index (χ3n) is 2.23. The molecule has 1 aromatic heterocycles. The van der Waals surface area contributed by atoms with E-state index < -0.39 is 0 Å². The number of hydrogen-bond donors (Lipinski definition) is 0. The summed E-state index contributed by atoms with van der Waals surface area (Å²) in [4.78, 5) is 16.0. The van der Waals surface area contributed by atoms with Gasteiger partial charge in [0.2, 0.25) is 0 Å². The van der Waals surface area contributed by atoms with Gasteiger partial charge in [0.25, 0.3) is 0 Å². The molecule has 1 aromatic carbocycles. The van der Waals surface area contributed by atoms with Crippen molar-refractivity contribution in [3.05, 3.63) is 23.2 Å². The van der Waals surface area contributed by atoms with E-state index in [1.165, 1.54) is 11.8 Å². The third kappa shape index (κ3) is 3.16. The van der Waals surface area contributed by atoms with Gasteiger partial charge < -0.3 is 4.74 Å². The number of hydrogen-bond acceptors (Lipinski definition) is 5. The normalized spacial score (nSPS) is 12.6. The Morgan fingerprint density at radius 3 is 3.11 bits per heavy atom. The van der Waals surface area contributed by atoms with Crippen LogP contribution in [-0.4, -0.2) is 22.8 Å². The Kier molecular flexibility index (Phi) is 4.48. The largest absolute Gasteiger partial charge is 0.465 e. The van der Waals surface area contributed by atoms with E-state index in [-0.39, 0.29) is 11.2 Å². The van der Waals surface area contributed by atoms with Gasteiger partial charge >= 0.3 is 5.97 Å². The molecule has 0 aliphatic rings. The lowest BCUT2D eigenvalue weighted by atomic mass is 10.3. The highest BCUT2D eigenvalue weighted by atomic mass is 35.5. The van der Waals surface area contributed by atoms with E-state index in [2.05, 4.69) is 4.98 Å². The van der Waals surface area contributed by atoms with Crippen LogP contribution in [0.1, 0.15) is 13.8 Å². The van der Waals surface area contributed by atoms with Crippen LogP contribution >= 0.6 is 34.7 Å². The van der Waals surface area contributed by atoms with Gasteiger partial charge in [-0.25, -0.2) is 4.98 Å². The molecule has 18 heavy (non-hydrogen) atoms. The predicted octanol–water partition coefficient (Wildman–Crippen LogP) is 3.99. The number of thiazole rings is 1. The van der Waals surface area contributed by atoms with Crippen LogP contribution in [0.3, 0.4) is 0 Å². The zero-order chi connectivity index (χ0) is 13.1. The number of nitrogens with zero attached hydrogens (tertiary/aromatic N) is 1. The van der Waals surface area contributed by atoms with Crippen LogP contribution in [0, 0.1) is 0 Å². The monoisotopic (exact) mass is 301 g/mol. The lowest BCUT2D eigenvalue weighted by Gasteiger charge is -2.07. The fraction of sp³-hybridized carbons (Fsp3) is 0.333. The van der Waals surface area contributed by atoms with Gasteiger partial charge in [0.05, 0.1) is 16.8 Å². The molecular formula is C12H12ClNO2S2. The Morgan fingerprint density at radius 1 is 1.61 bits per heavy atom. The SMILES string of the molecule is CCOC(=O)C(C)Sc1nc2cc(Cl)ccc2s1. The predicted molar refractivity (Wildman–Crippen MR) is 76.6 cm³/mol. The number of thioether (sulfide) groups is 1. The fourth-order valence-corrected chi connectivity index (χ4v) is 3.75. The van der Waals surface area contributed by atoms with Crippen LogP contribution in [0.25, 0.3) is 10.2 Å². The van der Waals surface area contributed by atoms with Crippen molar-refractivity contribution in [2.45, 2.75) is 23.4 Å². The van der Waals surface area contributed by atoms with Crippen molar-refractivity contribution in [1.29, 1.82) is 0 Å². The summed E-state index contributed by atoms with van der Waals surface area (Å²) in [5.41, 5.74) is 0.867. The highest BCUT2D eigenvalue weighted by Crippen LogP contribution is 2.33. The molecule has 1 heterocycles. The van der Waals surface area contributed by atoms with Crippen LogP contribution in [0.4, 0.5) is 0 Å². The highest BCUT2D eigenvalue weighted by molar-refractivity contribution is 8.02. The van der Waals surface area contributed by atoms with E-state index >= 15 is 0 Å². The van der Waals surface area contributed by atoms with Crippen LogP contribution in [0.15, 0.2) is 22.5 Å². The first-order valence-electron chi connectivity index (χ1n) is 5.49. The van der Waals surface area contributed by atoms with E-state index in [4.69, 9.17) is 16.3 Å². The minimum Gasteiger partial charge on any atom is -0.465 e. The summed E-state index contributed by atoms with van der Waals surface area (Å²) in [5.74, 6) is -0.209. The molecular weight excluding hydrogens is 290 g/mol. The molecule has 0 aliphatic carbocycles. The molecule has 0 radical (unpaired) electrons. The van der Waals surface area contributed by atoms with Crippen molar-refractivity contribution >= 4 is 50.9 Å². The summed E-state index contributed by atoms with van der Waals surface area (Å²) >= 11 is 8.88. The molecule has 0 fully saturated rings. The summed E-state index contributed by atoms with van der Waals surface area (Å²) in [6, 6.07) is 5.60. The molecule has 0 amide bonds. The highest BCUT2D eigenvalue weighted by Gasteiger charge is 2.17. The summed E-state index contributed by atoms with van der Waals surface area (Å²) in [6.45, 7) is 4.02. The molecule has 0 spiro atoms. The first kappa shape index (κ1) is 13.6. The maximum Gasteiger partial charge on any atom is 0.319 e. The molecule has 0 saturated heterocycles. The van der Waals surface area contributed by atoms with Gasteiger partial charge in [0.15, 0.2) is 4.34 Å². The van der Waals surface area contributed by atoms with Crippen LogP contribution in [-0.2, 0) is 9.53 Å². The number of rotatable bonds is 4. The third-order valence-corrected chi connectivity index (χ3v) is 4.67. The number of carbonyl (C=O) groups excluding carboxylic acids is 1. The first-order chi connectivity index (χ1) is 8.60. The molecule has 0 N–H and O–H groups in total. The zero-order valence-corrected chi connectivity index (χ0v) is 12.4. The number of carbonyl (C=O) groups is 1. The summed E-state index contributed by atoms with van der Waals surface area (Å²) < 4.78 is 6.89. The van der Waals surface area contributed by atoms with E-state index in [9.17, 15) is 4.79 Å².